The second-order valence-corrected chi connectivity index (χ2v) is 13.0. The van der Waals surface area contributed by atoms with E-state index in [0.717, 1.165) is 18.5 Å². The van der Waals surface area contributed by atoms with Crippen LogP contribution >= 0.6 is 0 Å². The van der Waals surface area contributed by atoms with Gasteiger partial charge in [0.2, 0.25) is 0 Å². The van der Waals surface area contributed by atoms with Crippen LogP contribution in [-0.2, 0) is 6.42 Å². The van der Waals surface area contributed by atoms with Crippen LogP contribution in [0.25, 0.3) is 44.7 Å². The van der Waals surface area contributed by atoms with Gasteiger partial charge in [0.05, 0.1) is 11.4 Å². The third-order valence-electron chi connectivity index (χ3n) is 10.5. The molecule has 0 bridgehead atoms. The first-order chi connectivity index (χ1) is 22.8. The molecular weight excluding hydrogens is 555 g/mol. The van der Waals surface area contributed by atoms with Crippen LogP contribution in [0.1, 0.15) is 34.6 Å². The van der Waals surface area contributed by atoms with Gasteiger partial charge in [-0.15, -0.1) is 0 Å². The maximum atomic E-state index is 5.21. The number of nitrogens with zero attached hydrogens (tertiary/aromatic N) is 1. The molecule has 46 heavy (non-hydrogen) atoms. The zero-order chi connectivity index (χ0) is 30.2. The van der Waals surface area contributed by atoms with E-state index in [1.165, 1.54) is 82.6 Å². The summed E-state index contributed by atoms with van der Waals surface area (Å²) in [6.07, 6.45) is 11.4. The molecule has 1 heterocycles. The highest BCUT2D eigenvalue weighted by Crippen LogP contribution is 2.46. The molecule has 2 unspecified atom stereocenters. The zero-order valence-electron chi connectivity index (χ0n) is 25.4. The fraction of sp³-hybridized carbons (Fsp3) is 0.0889. The highest BCUT2D eigenvalue weighted by molar-refractivity contribution is 6.15. The van der Waals surface area contributed by atoms with Crippen molar-refractivity contribution in [1.29, 1.82) is 0 Å². The van der Waals surface area contributed by atoms with Crippen LogP contribution < -0.4 is 10.4 Å². The molecule has 3 aliphatic carbocycles. The van der Waals surface area contributed by atoms with Crippen molar-refractivity contribution < 1.29 is 0 Å². The summed E-state index contributed by atoms with van der Waals surface area (Å²) in [6, 6.07) is 47.2. The van der Waals surface area contributed by atoms with Gasteiger partial charge in [0, 0.05) is 17.4 Å². The molecule has 216 valence electrons. The van der Waals surface area contributed by atoms with Crippen molar-refractivity contribution in [2.45, 2.75) is 18.8 Å². The van der Waals surface area contributed by atoms with Crippen molar-refractivity contribution in [2.75, 3.05) is 0 Å². The Labute approximate surface area is 268 Å². The van der Waals surface area contributed by atoms with E-state index in [2.05, 4.69) is 152 Å². The first-order valence-corrected chi connectivity index (χ1v) is 16.4. The second-order valence-electron chi connectivity index (χ2n) is 13.0. The molecule has 1 aliphatic heterocycles. The van der Waals surface area contributed by atoms with Gasteiger partial charge in [-0.3, -0.25) is 4.99 Å². The lowest BCUT2D eigenvalue weighted by Gasteiger charge is -2.27. The Morgan fingerprint density at radius 1 is 0.652 bits per heavy atom. The van der Waals surface area contributed by atoms with Crippen LogP contribution in [0.4, 0.5) is 5.69 Å². The van der Waals surface area contributed by atoms with Gasteiger partial charge in [-0.25, -0.2) is 0 Å². The summed E-state index contributed by atoms with van der Waals surface area (Å²) in [6.45, 7) is 0. The Morgan fingerprint density at radius 3 is 2.39 bits per heavy atom. The highest BCUT2D eigenvalue weighted by atomic mass is 14.8. The van der Waals surface area contributed by atoms with Gasteiger partial charge in [-0.1, -0.05) is 133 Å². The topological polar surface area (TPSA) is 12.4 Å². The minimum Gasteiger partial charge on any atom is -0.252 e. The van der Waals surface area contributed by atoms with Gasteiger partial charge in [0.15, 0.2) is 0 Å². The van der Waals surface area contributed by atoms with Crippen LogP contribution in [-0.4, -0.2) is 5.71 Å². The van der Waals surface area contributed by atoms with E-state index in [-0.39, 0.29) is 5.92 Å². The largest absolute Gasteiger partial charge is 0.252 e. The number of allylic oxidation sites excluding steroid dienone is 4. The fourth-order valence-corrected chi connectivity index (χ4v) is 8.43. The van der Waals surface area contributed by atoms with Crippen molar-refractivity contribution >= 4 is 33.8 Å². The molecule has 0 N–H and O–H groups in total. The van der Waals surface area contributed by atoms with Gasteiger partial charge in [-0.05, 0) is 102 Å². The van der Waals surface area contributed by atoms with E-state index in [1.807, 2.05) is 0 Å². The number of hydrogen-bond donors (Lipinski definition) is 0. The Kier molecular flexibility index (Phi) is 5.59. The van der Waals surface area contributed by atoms with E-state index in [0.29, 0.717) is 5.92 Å². The maximum Gasteiger partial charge on any atom is 0.0672 e. The molecular formula is C45H31N. The second kappa shape index (κ2) is 9.99. The molecule has 4 aliphatic rings. The summed E-state index contributed by atoms with van der Waals surface area (Å²) in [5.74, 6) is 0.627. The molecule has 1 heteroatoms. The zero-order valence-corrected chi connectivity index (χ0v) is 25.4. The van der Waals surface area contributed by atoms with Crippen molar-refractivity contribution in [3.8, 4) is 22.3 Å². The average molecular weight is 586 g/mol. The molecule has 6 aromatic rings. The first-order valence-electron chi connectivity index (χ1n) is 16.4. The molecule has 2 atom stereocenters. The fourth-order valence-electron chi connectivity index (χ4n) is 8.43. The molecule has 0 saturated carbocycles. The molecule has 0 fully saturated rings. The summed E-state index contributed by atoms with van der Waals surface area (Å²) < 4.78 is 0. The molecule has 0 radical (unpaired) electrons. The lowest BCUT2D eigenvalue weighted by Crippen LogP contribution is -2.36. The molecule has 0 aromatic heterocycles. The first kappa shape index (κ1) is 25.8. The number of aliphatic imine (C=N–C) groups is 1. The maximum absolute atomic E-state index is 5.21. The van der Waals surface area contributed by atoms with E-state index in [1.54, 1.807) is 0 Å². The van der Waals surface area contributed by atoms with Crippen molar-refractivity contribution in [1.82, 2.24) is 0 Å². The van der Waals surface area contributed by atoms with E-state index < -0.39 is 0 Å². The van der Waals surface area contributed by atoms with Crippen LogP contribution in [0.5, 0.6) is 0 Å². The van der Waals surface area contributed by atoms with Gasteiger partial charge < -0.3 is 0 Å². The van der Waals surface area contributed by atoms with Crippen molar-refractivity contribution in [3.63, 3.8) is 0 Å². The quantitative estimate of drug-likeness (QED) is 0.192. The molecule has 0 spiro atoms. The van der Waals surface area contributed by atoms with Crippen molar-refractivity contribution in [2.24, 2.45) is 10.9 Å². The predicted octanol–water partition coefficient (Wildman–Crippen LogP) is 9.44. The van der Waals surface area contributed by atoms with Crippen LogP contribution in [0.15, 0.2) is 156 Å². The van der Waals surface area contributed by atoms with Gasteiger partial charge in [0.25, 0.3) is 0 Å². The molecule has 6 aromatic carbocycles. The lowest BCUT2D eigenvalue weighted by atomic mass is 9.77. The Hall–Kier alpha value is -5.53. The van der Waals surface area contributed by atoms with Gasteiger partial charge >= 0.3 is 0 Å². The predicted molar refractivity (Wildman–Crippen MR) is 192 cm³/mol. The average Bonchev–Trinajstić information content (AvgIpc) is 3.41. The summed E-state index contributed by atoms with van der Waals surface area (Å²) in [5.41, 5.74) is 15.6. The normalized spacial score (nSPS) is 18.6. The number of hydrogen-bond acceptors (Lipinski definition) is 1. The third-order valence-corrected chi connectivity index (χ3v) is 10.5. The molecule has 10 rings (SSSR count). The number of benzene rings is 6. The number of rotatable bonds is 2. The monoisotopic (exact) mass is 585 g/mol. The molecule has 0 amide bonds. The Morgan fingerprint density at radius 2 is 1.46 bits per heavy atom. The molecule has 0 saturated heterocycles. The van der Waals surface area contributed by atoms with Crippen LogP contribution in [0, 0.1) is 5.92 Å². The SMILES string of the molecule is C1=CCC2C=c3c(-c4ccc5c(c4)-c4ccccc4C4=Nc6ccccc6C4C5)c4ccccc4cc3=C(c3ccccc3)C2=C1. The Balaban J connectivity index is 1.27. The van der Waals surface area contributed by atoms with E-state index >= 15 is 0 Å². The minimum atomic E-state index is 0.274. The van der Waals surface area contributed by atoms with Crippen LogP contribution in [0.2, 0.25) is 0 Å². The van der Waals surface area contributed by atoms with Gasteiger partial charge in [0.1, 0.15) is 0 Å². The standard InChI is InChI=1S/C45H31N/c1-2-12-28(13-3-1)43-33-16-6-4-14-29(33)25-40-39(43)24-30-15-5-7-17-34(30)44(40)32-23-22-31-26-41-36-19-10-11-21-42(36)46-45(41)37-20-9-8-18-35(37)38(31)27-32/h1-13,15-25,27,29,41H,14,26H2. The van der Waals surface area contributed by atoms with Crippen LogP contribution in [0.3, 0.4) is 0 Å². The summed E-state index contributed by atoms with van der Waals surface area (Å²) in [7, 11) is 0. The minimum absolute atomic E-state index is 0.274. The van der Waals surface area contributed by atoms with E-state index in [4.69, 9.17) is 4.99 Å². The lowest BCUT2D eigenvalue weighted by molar-refractivity contribution is 0.823. The number of para-hydroxylation sites is 1. The summed E-state index contributed by atoms with van der Waals surface area (Å²) in [5, 5.41) is 5.26. The number of fused-ring (bicyclic) bond motifs is 10. The summed E-state index contributed by atoms with van der Waals surface area (Å²) >= 11 is 0. The molecule has 1 nitrogen and oxygen atoms in total. The highest BCUT2D eigenvalue weighted by Gasteiger charge is 2.33. The summed E-state index contributed by atoms with van der Waals surface area (Å²) in [4.78, 5) is 5.21. The Bertz CT molecular complexity index is 2470. The van der Waals surface area contributed by atoms with Crippen molar-refractivity contribution in [3.05, 3.63) is 184 Å². The van der Waals surface area contributed by atoms with E-state index in [9.17, 15) is 0 Å². The van der Waals surface area contributed by atoms with Gasteiger partial charge in [-0.2, -0.15) is 0 Å². The third kappa shape index (κ3) is 3.78. The smallest absolute Gasteiger partial charge is 0.0672 e.